The first kappa shape index (κ1) is 27.0. The molecular formula is C27H24Cl2N8O3. The third-order valence-electron chi connectivity index (χ3n) is 6.20. The SMILES string of the molecule is Nc1nc(NCCCn2cc(C(=O)NCc3nc4ccccc4[nH]3)c(-c3ccc(Cl)cc3Cl)c2)ccc1[N+](=O)[O-]. The van der Waals surface area contributed by atoms with Crippen LogP contribution in [0.4, 0.5) is 17.3 Å². The number of benzene rings is 2. The molecule has 5 rings (SSSR count). The fourth-order valence-electron chi connectivity index (χ4n) is 4.29. The second-order valence-electron chi connectivity index (χ2n) is 8.97. The number of pyridine rings is 1. The van der Waals surface area contributed by atoms with Gasteiger partial charge in [-0.05, 0) is 36.8 Å². The number of hydrogen-bond donors (Lipinski definition) is 4. The zero-order chi connectivity index (χ0) is 28.2. The van der Waals surface area contributed by atoms with E-state index in [4.69, 9.17) is 28.9 Å². The minimum absolute atomic E-state index is 0.150. The van der Waals surface area contributed by atoms with E-state index >= 15 is 0 Å². The highest BCUT2D eigenvalue weighted by Crippen LogP contribution is 2.33. The molecule has 0 radical (unpaired) electrons. The van der Waals surface area contributed by atoms with Gasteiger partial charge >= 0.3 is 5.69 Å². The number of aromatic nitrogens is 4. The lowest BCUT2D eigenvalue weighted by molar-refractivity contribution is -0.384. The Balaban J connectivity index is 1.29. The van der Waals surface area contributed by atoms with Crippen LogP contribution in [0, 0.1) is 10.1 Å². The number of carbonyl (C=O) groups is 1. The molecule has 0 aliphatic rings. The molecule has 5 N–H and O–H groups in total. The zero-order valence-electron chi connectivity index (χ0n) is 21.0. The summed E-state index contributed by atoms with van der Waals surface area (Å²) in [5.74, 6) is 0.661. The lowest BCUT2D eigenvalue weighted by Gasteiger charge is -2.07. The normalized spacial score (nSPS) is 11.1. The van der Waals surface area contributed by atoms with Crippen LogP contribution in [0.15, 0.2) is 67.0 Å². The molecule has 204 valence electrons. The fourth-order valence-corrected chi connectivity index (χ4v) is 4.80. The van der Waals surface area contributed by atoms with Gasteiger partial charge in [-0.1, -0.05) is 41.4 Å². The molecule has 5 aromatic rings. The molecule has 13 heteroatoms. The number of anilines is 2. The van der Waals surface area contributed by atoms with Crippen LogP contribution >= 0.6 is 23.2 Å². The van der Waals surface area contributed by atoms with Crippen molar-refractivity contribution in [3.05, 3.63) is 98.5 Å². The Hall–Kier alpha value is -4.61. The van der Waals surface area contributed by atoms with Crippen LogP contribution in [0.25, 0.3) is 22.2 Å². The molecule has 3 aromatic heterocycles. The van der Waals surface area contributed by atoms with Crippen LogP contribution in [0.3, 0.4) is 0 Å². The number of carbonyl (C=O) groups excluding carboxylic acids is 1. The van der Waals surface area contributed by atoms with Crippen molar-refractivity contribution in [2.45, 2.75) is 19.5 Å². The predicted molar refractivity (Wildman–Crippen MR) is 156 cm³/mol. The fraction of sp³-hybridized carbons (Fsp3) is 0.148. The van der Waals surface area contributed by atoms with Crippen LogP contribution in [-0.4, -0.2) is 36.9 Å². The van der Waals surface area contributed by atoms with Crippen LogP contribution in [0.5, 0.6) is 0 Å². The van der Waals surface area contributed by atoms with E-state index in [-0.39, 0.29) is 24.0 Å². The molecule has 0 saturated carbocycles. The summed E-state index contributed by atoms with van der Waals surface area (Å²) in [6.07, 6.45) is 4.31. The first-order valence-corrected chi connectivity index (χ1v) is 13.1. The third kappa shape index (κ3) is 6.00. The van der Waals surface area contributed by atoms with Crippen molar-refractivity contribution in [2.75, 3.05) is 17.6 Å². The summed E-state index contributed by atoms with van der Waals surface area (Å²) in [6, 6.07) is 15.6. The lowest BCUT2D eigenvalue weighted by atomic mass is 10.0. The minimum Gasteiger partial charge on any atom is -0.378 e. The van der Waals surface area contributed by atoms with Crippen molar-refractivity contribution >= 4 is 57.5 Å². The van der Waals surface area contributed by atoms with Gasteiger partial charge in [0.2, 0.25) is 5.82 Å². The first-order valence-electron chi connectivity index (χ1n) is 12.3. The number of aromatic amines is 1. The van der Waals surface area contributed by atoms with Gasteiger partial charge in [-0.25, -0.2) is 9.97 Å². The maximum atomic E-state index is 13.3. The number of nitrogens with two attached hydrogens (primary N) is 1. The number of nitrogens with one attached hydrogen (secondary N) is 3. The molecule has 0 aliphatic carbocycles. The van der Waals surface area contributed by atoms with E-state index in [0.717, 1.165) is 11.0 Å². The van der Waals surface area contributed by atoms with E-state index in [9.17, 15) is 14.9 Å². The zero-order valence-corrected chi connectivity index (χ0v) is 22.5. The number of amides is 1. The van der Waals surface area contributed by atoms with E-state index in [1.54, 1.807) is 24.4 Å². The van der Waals surface area contributed by atoms with Crippen molar-refractivity contribution in [2.24, 2.45) is 0 Å². The van der Waals surface area contributed by atoms with Crippen molar-refractivity contribution in [1.82, 2.24) is 24.8 Å². The maximum Gasteiger partial charge on any atom is 0.311 e. The number of nitro groups is 1. The number of imidazole rings is 1. The highest BCUT2D eigenvalue weighted by molar-refractivity contribution is 6.36. The predicted octanol–water partition coefficient (Wildman–Crippen LogP) is 5.66. The van der Waals surface area contributed by atoms with Crippen LogP contribution in [0.2, 0.25) is 10.0 Å². The molecule has 40 heavy (non-hydrogen) atoms. The Labute approximate surface area is 238 Å². The number of rotatable bonds is 10. The first-order chi connectivity index (χ1) is 19.3. The summed E-state index contributed by atoms with van der Waals surface area (Å²) in [5, 5.41) is 17.9. The van der Waals surface area contributed by atoms with Gasteiger partial charge in [-0.3, -0.25) is 14.9 Å². The molecule has 3 heterocycles. The van der Waals surface area contributed by atoms with E-state index in [1.807, 2.05) is 35.0 Å². The van der Waals surface area contributed by atoms with E-state index in [0.29, 0.717) is 57.9 Å². The Morgan fingerprint density at radius 2 is 1.90 bits per heavy atom. The van der Waals surface area contributed by atoms with E-state index in [2.05, 4.69) is 25.6 Å². The van der Waals surface area contributed by atoms with E-state index < -0.39 is 4.92 Å². The summed E-state index contributed by atoms with van der Waals surface area (Å²) in [4.78, 5) is 35.4. The van der Waals surface area contributed by atoms with Gasteiger partial charge in [0.05, 0.1) is 28.1 Å². The van der Waals surface area contributed by atoms with Gasteiger partial charge in [-0.15, -0.1) is 0 Å². The Morgan fingerprint density at radius 1 is 1.07 bits per heavy atom. The Morgan fingerprint density at radius 3 is 2.65 bits per heavy atom. The average molecular weight is 579 g/mol. The van der Waals surface area contributed by atoms with Crippen molar-refractivity contribution in [3.63, 3.8) is 0 Å². The number of aryl methyl sites for hydroxylation is 1. The molecule has 11 nitrogen and oxygen atoms in total. The monoisotopic (exact) mass is 578 g/mol. The molecule has 0 bridgehead atoms. The van der Waals surface area contributed by atoms with Gasteiger partial charge < -0.3 is 25.9 Å². The van der Waals surface area contributed by atoms with Gasteiger partial charge in [0.15, 0.2) is 0 Å². The number of hydrogen-bond acceptors (Lipinski definition) is 7. The van der Waals surface area contributed by atoms with Gasteiger partial charge in [0.25, 0.3) is 5.91 Å². The smallest absolute Gasteiger partial charge is 0.311 e. The average Bonchev–Trinajstić information content (AvgIpc) is 3.54. The van der Waals surface area contributed by atoms with Crippen LogP contribution in [-0.2, 0) is 13.1 Å². The highest BCUT2D eigenvalue weighted by Gasteiger charge is 2.19. The van der Waals surface area contributed by atoms with Crippen LogP contribution < -0.4 is 16.4 Å². The minimum atomic E-state index is -0.576. The van der Waals surface area contributed by atoms with Crippen LogP contribution in [0.1, 0.15) is 22.6 Å². The molecule has 1 amide bonds. The third-order valence-corrected chi connectivity index (χ3v) is 6.75. The number of halogens is 2. The number of H-pyrrole nitrogens is 1. The van der Waals surface area contributed by atoms with E-state index in [1.165, 1.54) is 12.1 Å². The van der Waals surface area contributed by atoms with Gasteiger partial charge in [-0.2, -0.15) is 0 Å². The molecule has 0 fully saturated rings. The number of para-hydroxylation sites is 2. The standard InChI is InChI=1S/C27H24Cl2N8O3/c28-16-6-7-17(20(29)12-16)18-14-36(11-3-10-31-24-9-8-23(37(39)40)26(30)35-24)15-19(18)27(38)32-13-25-33-21-4-1-2-5-22(21)34-25/h1-2,4-9,12,14-15H,3,10-11,13H2,(H,32,38)(H,33,34)(H3,30,31,35). The van der Waals surface area contributed by atoms with Gasteiger partial charge in [0, 0.05) is 52.7 Å². The number of nitrogens with zero attached hydrogens (tertiary/aromatic N) is 4. The molecule has 0 saturated heterocycles. The Kier molecular flexibility index (Phi) is 7.85. The van der Waals surface area contributed by atoms with Crippen molar-refractivity contribution in [1.29, 1.82) is 0 Å². The molecule has 2 aromatic carbocycles. The molecule has 0 unspecified atom stereocenters. The number of nitrogen functional groups attached to an aromatic ring is 1. The summed E-state index contributed by atoms with van der Waals surface area (Å²) in [5.41, 5.74) is 8.95. The Bertz CT molecular complexity index is 1680. The number of fused-ring (bicyclic) bond motifs is 1. The lowest BCUT2D eigenvalue weighted by Crippen LogP contribution is -2.23. The second kappa shape index (κ2) is 11.6. The van der Waals surface area contributed by atoms with Gasteiger partial charge in [0.1, 0.15) is 11.6 Å². The summed E-state index contributed by atoms with van der Waals surface area (Å²) < 4.78 is 1.91. The second-order valence-corrected chi connectivity index (χ2v) is 9.81. The largest absolute Gasteiger partial charge is 0.378 e. The topological polar surface area (TPSA) is 157 Å². The molecule has 0 atom stereocenters. The summed E-state index contributed by atoms with van der Waals surface area (Å²) >= 11 is 12.6. The summed E-state index contributed by atoms with van der Waals surface area (Å²) in [7, 11) is 0. The molecule has 0 aliphatic heterocycles. The highest BCUT2D eigenvalue weighted by atomic mass is 35.5. The molecule has 0 spiro atoms. The quantitative estimate of drug-likeness (QED) is 0.0945. The molecular weight excluding hydrogens is 555 g/mol. The van der Waals surface area contributed by atoms with Crippen molar-refractivity contribution < 1.29 is 9.72 Å². The summed E-state index contributed by atoms with van der Waals surface area (Å²) in [6.45, 7) is 1.32. The maximum absolute atomic E-state index is 13.3. The van der Waals surface area contributed by atoms with Crippen molar-refractivity contribution in [3.8, 4) is 11.1 Å².